The molecule has 2 aromatic rings. The molecule has 3 rings (SSSR count). The molecule has 0 radical (unpaired) electrons. The van der Waals surface area contributed by atoms with Crippen LogP contribution in [-0.2, 0) is 16.1 Å². The van der Waals surface area contributed by atoms with Crippen LogP contribution in [0.15, 0.2) is 42.5 Å². The highest BCUT2D eigenvalue weighted by atomic mass is 35.5. The topological polar surface area (TPSA) is 58.6 Å². The lowest BCUT2D eigenvalue weighted by molar-refractivity contribution is -0.123. The van der Waals surface area contributed by atoms with E-state index in [0.29, 0.717) is 28.8 Å². The fourth-order valence-corrected chi connectivity index (χ4v) is 3.17. The molecule has 1 aliphatic rings. The largest absolute Gasteiger partial charge is 0.484 e. The Balaban J connectivity index is 1.52. The second-order valence-electron chi connectivity index (χ2n) is 6.31. The van der Waals surface area contributed by atoms with Crippen molar-refractivity contribution >= 4 is 40.7 Å². The lowest BCUT2D eigenvalue weighted by Gasteiger charge is -2.27. The molecular formula is C20H20Cl2N2O3. The Morgan fingerprint density at radius 1 is 1.11 bits per heavy atom. The van der Waals surface area contributed by atoms with Crippen molar-refractivity contribution in [3.63, 3.8) is 0 Å². The van der Waals surface area contributed by atoms with Crippen LogP contribution in [-0.4, -0.2) is 25.0 Å². The number of carbonyl (C=O) groups is 2. The summed E-state index contributed by atoms with van der Waals surface area (Å²) in [7, 11) is 0. The van der Waals surface area contributed by atoms with E-state index in [-0.39, 0.29) is 18.4 Å². The second kappa shape index (κ2) is 9.11. The van der Waals surface area contributed by atoms with Crippen LogP contribution in [0.4, 0.5) is 5.69 Å². The monoisotopic (exact) mass is 406 g/mol. The first kappa shape index (κ1) is 19.5. The van der Waals surface area contributed by atoms with Crippen LogP contribution < -0.4 is 15.0 Å². The third kappa shape index (κ3) is 5.37. The molecule has 0 atom stereocenters. The van der Waals surface area contributed by atoms with Crippen molar-refractivity contribution < 1.29 is 14.3 Å². The van der Waals surface area contributed by atoms with Gasteiger partial charge in [0.05, 0.1) is 10.0 Å². The number of amides is 2. The number of rotatable bonds is 6. The number of carbonyl (C=O) groups excluding carboxylic acids is 2. The molecule has 0 bridgehead atoms. The quantitative estimate of drug-likeness (QED) is 0.781. The van der Waals surface area contributed by atoms with E-state index in [4.69, 9.17) is 27.9 Å². The molecular weight excluding hydrogens is 387 g/mol. The predicted molar refractivity (Wildman–Crippen MR) is 106 cm³/mol. The van der Waals surface area contributed by atoms with E-state index >= 15 is 0 Å². The maximum atomic E-state index is 12.1. The summed E-state index contributed by atoms with van der Waals surface area (Å²) in [5.74, 6) is 0.378. The zero-order chi connectivity index (χ0) is 19.2. The van der Waals surface area contributed by atoms with E-state index in [1.165, 1.54) is 0 Å². The number of anilines is 1. The summed E-state index contributed by atoms with van der Waals surface area (Å²) in [6.07, 6.45) is 2.55. The van der Waals surface area contributed by atoms with Crippen LogP contribution in [0.25, 0.3) is 0 Å². The zero-order valence-electron chi connectivity index (χ0n) is 14.7. The van der Waals surface area contributed by atoms with Gasteiger partial charge in [0, 0.05) is 31.3 Å². The van der Waals surface area contributed by atoms with Crippen molar-refractivity contribution in [2.75, 3.05) is 18.1 Å². The molecule has 1 aliphatic heterocycles. The van der Waals surface area contributed by atoms with Gasteiger partial charge in [0.1, 0.15) is 5.75 Å². The van der Waals surface area contributed by atoms with Gasteiger partial charge in [-0.25, -0.2) is 0 Å². The van der Waals surface area contributed by atoms with Crippen molar-refractivity contribution in [3.8, 4) is 5.75 Å². The van der Waals surface area contributed by atoms with E-state index in [2.05, 4.69) is 5.32 Å². The number of ether oxygens (including phenoxy) is 1. The van der Waals surface area contributed by atoms with Gasteiger partial charge in [-0.3, -0.25) is 9.59 Å². The van der Waals surface area contributed by atoms with Gasteiger partial charge in [-0.1, -0.05) is 35.3 Å². The Morgan fingerprint density at radius 3 is 2.74 bits per heavy atom. The standard InChI is InChI=1S/C20H20Cl2N2O3/c21-17-8-7-16(11-18(17)22)27-13-19(25)23-12-14-4-3-5-15(10-14)24-9-2-1-6-20(24)26/h3-5,7-8,10-11H,1-2,6,9,12-13H2,(H,23,25). The van der Waals surface area contributed by atoms with Crippen LogP contribution >= 0.6 is 23.2 Å². The average Bonchev–Trinajstić information content (AvgIpc) is 2.68. The molecule has 1 fully saturated rings. The highest BCUT2D eigenvalue weighted by Gasteiger charge is 2.19. The van der Waals surface area contributed by atoms with Crippen molar-refractivity contribution in [1.29, 1.82) is 0 Å². The molecule has 0 aromatic heterocycles. The lowest BCUT2D eigenvalue weighted by atomic mass is 10.1. The van der Waals surface area contributed by atoms with Gasteiger partial charge in [-0.15, -0.1) is 0 Å². The zero-order valence-corrected chi connectivity index (χ0v) is 16.2. The van der Waals surface area contributed by atoms with Crippen molar-refractivity contribution in [2.45, 2.75) is 25.8 Å². The fraction of sp³-hybridized carbons (Fsp3) is 0.300. The molecule has 1 heterocycles. The van der Waals surface area contributed by atoms with E-state index in [0.717, 1.165) is 30.6 Å². The third-order valence-electron chi connectivity index (χ3n) is 4.30. The van der Waals surface area contributed by atoms with E-state index in [1.54, 1.807) is 18.2 Å². The van der Waals surface area contributed by atoms with Gasteiger partial charge in [-0.2, -0.15) is 0 Å². The fourth-order valence-electron chi connectivity index (χ4n) is 2.88. The van der Waals surface area contributed by atoms with Gasteiger partial charge in [-0.05, 0) is 42.7 Å². The van der Waals surface area contributed by atoms with Gasteiger partial charge in [0.2, 0.25) is 5.91 Å². The Kier molecular flexibility index (Phi) is 6.58. The molecule has 7 heteroatoms. The van der Waals surface area contributed by atoms with Crippen LogP contribution in [0, 0.1) is 0 Å². The highest BCUT2D eigenvalue weighted by Crippen LogP contribution is 2.26. The first-order chi connectivity index (χ1) is 13.0. The van der Waals surface area contributed by atoms with Gasteiger partial charge in [0.25, 0.3) is 5.91 Å². The number of piperidine rings is 1. The number of hydrogen-bond acceptors (Lipinski definition) is 3. The van der Waals surface area contributed by atoms with Crippen molar-refractivity contribution in [2.24, 2.45) is 0 Å². The molecule has 0 aliphatic carbocycles. The molecule has 5 nitrogen and oxygen atoms in total. The van der Waals surface area contributed by atoms with Crippen LogP contribution in [0.1, 0.15) is 24.8 Å². The number of nitrogens with zero attached hydrogens (tertiary/aromatic N) is 1. The normalized spacial score (nSPS) is 14.1. The minimum atomic E-state index is -0.250. The SMILES string of the molecule is O=C(COc1ccc(Cl)c(Cl)c1)NCc1cccc(N2CCCCC2=O)c1. The van der Waals surface area contributed by atoms with Crippen molar-refractivity contribution in [3.05, 3.63) is 58.1 Å². The molecule has 142 valence electrons. The summed E-state index contributed by atoms with van der Waals surface area (Å²) in [4.78, 5) is 25.9. The minimum absolute atomic E-state index is 0.123. The maximum Gasteiger partial charge on any atom is 0.258 e. The summed E-state index contributed by atoms with van der Waals surface area (Å²) in [6.45, 7) is 0.980. The summed E-state index contributed by atoms with van der Waals surface area (Å²) in [6, 6.07) is 12.5. The van der Waals surface area contributed by atoms with Gasteiger partial charge >= 0.3 is 0 Å². The Bertz CT molecular complexity index is 842. The van der Waals surface area contributed by atoms with Crippen LogP contribution in [0.2, 0.25) is 10.0 Å². The number of halogens is 2. The molecule has 1 saturated heterocycles. The van der Waals surface area contributed by atoms with E-state index in [1.807, 2.05) is 29.2 Å². The van der Waals surface area contributed by atoms with Gasteiger partial charge < -0.3 is 15.0 Å². The first-order valence-corrected chi connectivity index (χ1v) is 9.52. The maximum absolute atomic E-state index is 12.1. The number of hydrogen-bond donors (Lipinski definition) is 1. The molecule has 0 unspecified atom stereocenters. The highest BCUT2D eigenvalue weighted by molar-refractivity contribution is 6.42. The molecule has 0 spiro atoms. The second-order valence-corrected chi connectivity index (χ2v) is 7.13. The minimum Gasteiger partial charge on any atom is -0.484 e. The van der Waals surface area contributed by atoms with Crippen LogP contribution in [0.5, 0.6) is 5.75 Å². The third-order valence-corrected chi connectivity index (χ3v) is 5.04. The van der Waals surface area contributed by atoms with E-state index in [9.17, 15) is 9.59 Å². The number of nitrogens with one attached hydrogen (secondary N) is 1. The Morgan fingerprint density at radius 2 is 1.96 bits per heavy atom. The van der Waals surface area contributed by atoms with E-state index < -0.39 is 0 Å². The van der Waals surface area contributed by atoms with Crippen LogP contribution in [0.3, 0.4) is 0 Å². The average molecular weight is 407 g/mol. The summed E-state index contributed by atoms with van der Waals surface area (Å²) in [5, 5.41) is 3.61. The smallest absolute Gasteiger partial charge is 0.258 e. The van der Waals surface area contributed by atoms with Crippen molar-refractivity contribution in [1.82, 2.24) is 5.32 Å². The predicted octanol–water partition coefficient (Wildman–Crippen LogP) is 4.21. The first-order valence-electron chi connectivity index (χ1n) is 8.77. The molecule has 1 N–H and O–H groups in total. The molecule has 2 amide bonds. The molecule has 2 aromatic carbocycles. The Hall–Kier alpha value is -2.24. The Labute approximate surface area is 168 Å². The summed E-state index contributed by atoms with van der Waals surface area (Å²) in [5.41, 5.74) is 1.80. The summed E-state index contributed by atoms with van der Waals surface area (Å²) >= 11 is 11.8. The molecule has 0 saturated carbocycles. The van der Waals surface area contributed by atoms with Gasteiger partial charge in [0.15, 0.2) is 6.61 Å². The molecule has 27 heavy (non-hydrogen) atoms. The lowest BCUT2D eigenvalue weighted by Crippen LogP contribution is -2.35. The number of benzene rings is 2. The summed E-state index contributed by atoms with van der Waals surface area (Å²) < 4.78 is 5.42.